The Kier molecular flexibility index (Phi) is 4.06. The van der Waals surface area contributed by atoms with E-state index in [4.69, 9.17) is 0 Å². The largest absolute Gasteiger partial charge is 0.367 e. The van der Waals surface area contributed by atoms with Gasteiger partial charge in [0.15, 0.2) is 0 Å². The third kappa shape index (κ3) is 3.16. The lowest BCUT2D eigenvalue weighted by Crippen LogP contribution is -2.23. The summed E-state index contributed by atoms with van der Waals surface area (Å²) in [6.07, 6.45) is 5.58. The number of carbonyl (C=O) groups is 1. The summed E-state index contributed by atoms with van der Waals surface area (Å²) in [5.41, 5.74) is 3.50. The molecule has 1 aromatic heterocycles. The summed E-state index contributed by atoms with van der Waals surface area (Å²) in [7, 11) is 0. The summed E-state index contributed by atoms with van der Waals surface area (Å²) in [4.78, 5) is 16.7. The second kappa shape index (κ2) is 6.14. The van der Waals surface area contributed by atoms with E-state index in [0.29, 0.717) is 6.42 Å². The number of anilines is 1. The van der Waals surface area contributed by atoms with Gasteiger partial charge in [-0.25, -0.2) is 0 Å². The SMILES string of the molecule is C[C@@H](NCc1cc[nH]c1)c1ccc(N2CCCC2=O)cc1. The molecule has 3 rings (SSSR count). The molecule has 1 aromatic carbocycles. The molecule has 0 spiro atoms. The van der Waals surface area contributed by atoms with Crippen LogP contribution >= 0.6 is 0 Å². The van der Waals surface area contributed by atoms with Gasteiger partial charge in [-0.05, 0) is 42.7 Å². The fourth-order valence-electron chi connectivity index (χ4n) is 2.72. The van der Waals surface area contributed by atoms with Crippen molar-refractivity contribution in [2.24, 2.45) is 0 Å². The van der Waals surface area contributed by atoms with Crippen LogP contribution in [0.5, 0.6) is 0 Å². The average molecular weight is 283 g/mol. The number of aromatic nitrogens is 1. The molecule has 0 bridgehead atoms. The van der Waals surface area contributed by atoms with Gasteiger partial charge >= 0.3 is 0 Å². The van der Waals surface area contributed by atoms with Crippen molar-refractivity contribution in [3.63, 3.8) is 0 Å². The van der Waals surface area contributed by atoms with E-state index in [1.165, 1.54) is 11.1 Å². The van der Waals surface area contributed by atoms with Crippen molar-refractivity contribution in [3.8, 4) is 0 Å². The molecule has 1 fully saturated rings. The molecule has 1 atom stereocenters. The van der Waals surface area contributed by atoms with Gasteiger partial charge in [0.2, 0.25) is 5.91 Å². The molecule has 0 unspecified atom stereocenters. The van der Waals surface area contributed by atoms with Crippen molar-refractivity contribution < 1.29 is 4.79 Å². The van der Waals surface area contributed by atoms with E-state index in [0.717, 1.165) is 25.2 Å². The summed E-state index contributed by atoms with van der Waals surface area (Å²) in [6, 6.07) is 10.7. The molecule has 0 saturated carbocycles. The van der Waals surface area contributed by atoms with Crippen molar-refractivity contribution in [2.75, 3.05) is 11.4 Å². The van der Waals surface area contributed by atoms with Gasteiger partial charge in [0.25, 0.3) is 0 Å². The van der Waals surface area contributed by atoms with E-state index in [2.05, 4.69) is 35.4 Å². The lowest BCUT2D eigenvalue weighted by Gasteiger charge is -2.18. The fraction of sp³-hybridized carbons (Fsp3) is 0.353. The van der Waals surface area contributed by atoms with E-state index in [1.807, 2.05) is 29.4 Å². The number of nitrogens with one attached hydrogen (secondary N) is 2. The van der Waals surface area contributed by atoms with Gasteiger partial charge < -0.3 is 15.2 Å². The smallest absolute Gasteiger partial charge is 0.227 e. The van der Waals surface area contributed by atoms with Crippen molar-refractivity contribution in [3.05, 3.63) is 53.9 Å². The maximum atomic E-state index is 11.7. The highest BCUT2D eigenvalue weighted by atomic mass is 16.2. The fourth-order valence-corrected chi connectivity index (χ4v) is 2.72. The zero-order valence-electron chi connectivity index (χ0n) is 12.3. The highest BCUT2D eigenvalue weighted by molar-refractivity contribution is 5.95. The third-order valence-electron chi connectivity index (χ3n) is 4.05. The van der Waals surface area contributed by atoms with E-state index in [9.17, 15) is 4.79 Å². The Balaban J connectivity index is 1.62. The first-order chi connectivity index (χ1) is 10.2. The van der Waals surface area contributed by atoms with Gasteiger partial charge in [-0.3, -0.25) is 4.79 Å². The first-order valence-corrected chi connectivity index (χ1v) is 7.49. The van der Waals surface area contributed by atoms with Crippen LogP contribution in [0.1, 0.15) is 36.9 Å². The summed E-state index contributed by atoms with van der Waals surface area (Å²) < 4.78 is 0. The standard InChI is InChI=1S/C17H21N3O/c1-13(19-12-14-8-9-18-11-14)15-4-6-16(7-5-15)20-10-2-3-17(20)21/h4-9,11,13,18-19H,2-3,10,12H2,1H3/t13-/m1/s1. The molecule has 110 valence electrons. The average Bonchev–Trinajstić information content (AvgIpc) is 3.16. The van der Waals surface area contributed by atoms with Crippen molar-refractivity contribution in [1.29, 1.82) is 0 Å². The number of hydrogen-bond donors (Lipinski definition) is 2. The number of H-pyrrole nitrogens is 1. The van der Waals surface area contributed by atoms with Gasteiger partial charge in [0, 0.05) is 43.6 Å². The minimum absolute atomic E-state index is 0.237. The van der Waals surface area contributed by atoms with Crippen LogP contribution < -0.4 is 10.2 Å². The molecular formula is C17H21N3O. The molecule has 21 heavy (non-hydrogen) atoms. The summed E-state index contributed by atoms with van der Waals surface area (Å²) >= 11 is 0. The predicted molar refractivity (Wildman–Crippen MR) is 84.1 cm³/mol. The number of benzene rings is 1. The molecule has 1 aliphatic heterocycles. The molecule has 0 aliphatic carbocycles. The van der Waals surface area contributed by atoms with Crippen LogP contribution in [0.25, 0.3) is 0 Å². The van der Waals surface area contributed by atoms with Crippen LogP contribution in [0.15, 0.2) is 42.7 Å². The second-order valence-electron chi connectivity index (χ2n) is 5.56. The van der Waals surface area contributed by atoms with E-state index in [1.54, 1.807) is 0 Å². The maximum Gasteiger partial charge on any atom is 0.227 e. The van der Waals surface area contributed by atoms with Crippen molar-refractivity contribution in [2.45, 2.75) is 32.4 Å². The summed E-state index contributed by atoms with van der Waals surface area (Å²) in [5, 5.41) is 3.50. The Hall–Kier alpha value is -2.07. The Bertz CT molecular complexity index is 589. The highest BCUT2D eigenvalue weighted by Crippen LogP contribution is 2.23. The van der Waals surface area contributed by atoms with Gasteiger partial charge in [0.1, 0.15) is 0 Å². The number of aromatic amines is 1. The summed E-state index contributed by atoms with van der Waals surface area (Å²) in [5.74, 6) is 0.237. The lowest BCUT2D eigenvalue weighted by molar-refractivity contribution is -0.117. The minimum atomic E-state index is 0.237. The number of amides is 1. The molecule has 2 heterocycles. The highest BCUT2D eigenvalue weighted by Gasteiger charge is 2.21. The van der Waals surface area contributed by atoms with Gasteiger partial charge in [-0.15, -0.1) is 0 Å². The second-order valence-corrected chi connectivity index (χ2v) is 5.56. The van der Waals surface area contributed by atoms with Crippen LogP contribution in [0.4, 0.5) is 5.69 Å². The molecule has 1 aliphatic rings. The van der Waals surface area contributed by atoms with E-state index in [-0.39, 0.29) is 11.9 Å². The lowest BCUT2D eigenvalue weighted by atomic mass is 10.1. The Labute approximate surface area is 125 Å². The van der Waals surface area contributed by atoms with Crippen molar-refractivity contribution >= 4 is 11.6 Å². The molecule has 4 heteroatoms. The van der Waals surface area contributed by atoms with Crippen LogP contribution in [0, 0.1) is 0 Å². The Morgan fingerprint density at radius 1 is 1.29 bits per heavy atom. The Morgan fingerprint density at radius 3 is 2.71 bits per heavy atom. The minimum Gasteiger partial charge on any atom is -0.367 e. The maximum absolute atomic E-state index is 11.7. The zero-order chi connectivity index (χ0) is 14.7. The molecule has 0 radical (unpaired) electrons. The molecule has 2 N–H and O–H groups in total. The number of nitrogens with zero attached hydrogens (tertiary/aromatic N) is 1. The first-order valence-electron chi connectivity index (χ1n) is 7.49. The normalized spacial score (nSPS) is 16.4. The van der Waals surface area contributed by atoms with Crippen molar-refractivity contribution in [1.82, 2.24) is 10.3 Å². The van der Waals surface area contributed by atoms with E-state index >= 15 is 0 Å². The summed E-state index contributed by atoms with van der Waals surface area (Å²) in [6.45, 7) is 3.85. The zero-order valence-corrected chi connectivity index (χ0v) is 12.3. The van der Waals surface area contributed by atoms with Crippen LogP contribution in [-0.4, -0.2) is 17.4 Å². The third-order valence-corrected chi connectivity index (χ3v) is 4.05. The van der Waals surface area contributed by atoms with Crippen LogP contribution in [-0.2, 0) is 11.3 Å². The van der Waals surface area contributed by atoms with Crippen LogP contribution in [0.2, 0.25) is 0 Å². The topological polar surface area (TPSA) is 48.1 Å². The van der Waals surface area contributed by atoms with Gasteiger partial charge in [-0.2, -0.15) is 0 Å². The van der Waals surface area contributed by atoms with Crippen LogP contribution in [0.3, 0.4) is 0 Å². The number of carbonyl (C=O) groups excluding carboxylic acids is 1. The number of hydrogen-bond acceptors (Lipinski definition) is 2. The molecule has 2 aromatic rings. The molecule has 1 saturated heterocycles. The van der Waals surface area contributed by atoms with Gasteiger partial charge in [0.05, 0.1) is 0 Å². The monoisotopic (exact) mass is 283 g/mol. The molecular weight excluding hydrogens is 262 g/mol. The number of rotatable bonds is 5. The van der Waals surface area contributed by atoms with Gasteiger partial charge in [-0.1, -0.05) is 12.1 Å². The molecule has 4 nitrogen and oxygen atoms in total. The molecule has 1 amide bonds. The quantitative estimate of drug-likeness (QED) is 0.886. The predicted octanol–water partition coefficient (Wildman–Crippen LogP) is 2.99. The van der Waals surface area contributed by atoms with E-state index < -0.39 is 0 Å². The Morgan fingerprint density at radius 2 is 2.10 bits per heavy atom. The first kappa shape index (κ1) is 13.9.